The largest absolute Gasteiger partial charge is 0.334 e. The predicted octanol–water partition coefficient (Wildman–Crippen LogP) is 2.32. The van der Waals surface area contributed by atoms with Gasteiger partial charge in [0.25, 0.3) is 5.91 Å². The summed E-state index contributed by atoms with van der Waals surface area (Å²) < 4.78 is 14.9. The van der Waals surface area contributed by atoms with Gasteiger partial charge in [0.1, 0.15) is 11.5 Å². The van der Waals surface area contributed by atoms with Crippen LogP contribution in [-0.2, 0) is 0 Å². The van der Waals surface area contributed by atoms with Gasteiger partial charge in [-0.25, -0.2) is 9.37 Å². The van der Waals surface area contributed by atoms with Crippen LogP contribution in [-0.4, -0.2) is 57.5 Å². The number of piperazine rings is 1. The van der Waals surface area contributed by atoms with E-state index in [2.05, 4.69) is 9.88 Å². The Kier molecular flexibility index (Phi) is 4.06. The SMILES string of the molecule is O=C(c1cncn1-c1ccc(F)cc1)N1CCN2CCCCC2C1. The van der Waals surface area contributed by atoms with Crippen molar-refractivity contribution in [2.24, 2.45) is 0 Å². The van der Waals surface area contributed by atoms with Crippen molar-refractivity contribution >= 4 is 5.91 Å². The number of hydrogen-bond donors (Lipinski definition) is 0. The van der Waals surface area contributed by atoms with Gasteiger partial charge in [-0.2, -0.15) is 0 Å². The van der Waals surface area contributed by atoms with E-state index in [9.17, 15) is 9.18 Å². The topological polar surface area (TPSA) is 41.4 Å². The molecule has 1 aromatic heterocycles. The maximum atomic E-state index is 13.1. The quantitative estimate of drug-likeness (QED) is 0.849. The van der Waals surface area contributed by atoms with Crippen LogP contribution in [0.2, 0.25) is 0 Å². The Hall–Kier alpha value is -2.21. The molecule has 2 saturated heterocycles. The molecule has 0 spiro atoms. The molecule has 1 amide bonds. The second kappa shape index (κ2) is 6.36. The minimum atomic E-state index is -0.292. The normalized spacial score (nSPS) is 21.5. The van der Waals surface area contributed by atoms with Crippen molar-refractivity contribution in [1.82, 2.24) is 19.4 Å². The highest BCUT2D eigenvalue weighted by atomic mass is 19.1. The standard InChI is InChI=1S/C18H21FN4O/c19-14-4-6-15(7-5-14)23-13-20-11-17(23)18(24)22-10-9-21-8-2-1-3-16(21)12-22/h4-7,11,13,16H,1-3,8-10,12H2. The van der Waals surface area contributed by atoms with Gasteiger partial charge in [-0.15, -0.1) is 0 Å². The van der Waals surface area contributed by atoms with Crippen molar-refractivity contribution in [3.05, 3.63) is 48.3 Å². The Balaban J connectivity index is 1.55. The Labute approximate surface area is 140 Å². The summed E-state index contributed by atoms with van der Waals surface area (Å²) in [4.78, 5) is 21.5. The number of aromatic nitrogens is 2. The zero-order chi connectivity index (χ0) is 16.5. The van der Waals surface area contributed by atoms with E-state index in [1.165, 1.54) is 31.4 Å². The lowest BCUT2D eigenvalue weighted by Gasteiger charge is -2.44. The maximum absolute atomic E-state index is 13.1. The average Bonchev–Trinajstić information content (AvgIpc) is 3.11. The number of fused-ring (bicyclic) bond motifs is 1. The van der Waals surface area contributed by atoms with Gasteiger partial charge in [0.05, 0.1) is 12.5 Å². The molecule has 2 aliphatic heterocycles. The van der Waals surface area contributed by atoms with E-state index in [4.69, 9.17) is 0 Å². The van der Waals surface area contributed by atoms with Crippen molar-refractivity contribution in [3.8, 4) is 5.69 Å². The summed E-state index contributed by atoms with van der Waals surface area (Å²) in [6.45, 7) is 3.64. The van der Waals surface area contributed by atoms with E-state index in [1.807, 2.05) is 4.90 Å². The van der Waals surface area contributed by atoms with Crippen LogP contribution in [0.3, 0.4) is 0 Å². The van der Waals surface area contributed by atoms with Crippen LogP contribution in [0.1, 0.15) is 29.8 Å². The number of halogens is 1. The summed E-state index contributed by atoms with van der Waals surface area (Å²) >= 11 is 0. The predicted molar refractivity (Wildman–Crippen MR) is 88.6 cm³/mol. The molecule has 6 heteroatoms. The van der Waals surface area contributed by atoms with Crippen molar-refractivity contribution < 1.29 is 9.18 Å². The fourth-order valence-corrected chi connectivity index (χ4v) is 3.76. The molecule has 4 rings (SSSR count). The van der Waals surface area contributed by atoms with Gasteiger partial charge in [0.2, 0.25) is 0 Å². The number of carbonyl (C=O) groups is 1. The third-order valence-electron chi connectivity index (χ3n) is 5.09. The summed E-state index contributed by atoms with van der Waals surface area (Å²) in [6.07, 6.45) is 6.88. The molecule has 24 heavy (non-hydrogen) atoms. The minimum absolute atomic E-state index is 0.00190. The molecule has 0 N–H and O–H groups in total. The van der Waals surface area contributed by atoms with Crippen LogP contribution < -0.4 is 0 Å². The molecule has 1 atom stereocenters. The lowest BCUT2D eigenvalue weighted by atomic mass is 9.99. The molecule has 1 aromatic carbocycles. The second-order valence-corrected chi connectivity index (χ2v) is 6.56. The molecule has 126 valence electrons. The Morgan fingerprint density at radius 3 is 2.79 bits per heavy atom. The first-order valence-electron chi connectivity index (χ1n) is 8.54. The first-order valence-corrected chi connectivity index (χ1v) is 8.54. The van der Waals surface area contributed by atoms with Crippen LogP contribution in [0.25, 0.3) is 5.69 Å². The molecule has 2 aliphatic rings. The number of carbonyl (C=O) groups excluding carboxylic acids is 1. The molecule has 2 aromatic rings. The van der Waals surface area contributed by atoms with Crippen molar-refractivity contribution in [3.63, 3.8) is 0 Å². The Morgan fingerprint density at radius 2 is 1.96 bits per heavy atom. The van der Waals surface area contributed by atoms with Gasteiger partial charge < -0.3 is 4.90 Å². The number of nitrogens with zero attached hydrogens (tertiary/aromatic N) is 4. The summed E-state index contributed by atoms with van der Waals surface area (Å²) in [5.41, 5.74) is 1.28. The van der Waals surface area contributed by atoms with E-state index >= 15 is 0 Å². The fourth-order valence-electron chi connectivity index (χ4n) is 3.76. The molecule has 0 bridgehead atoms. The van der Waals surface area contributed by atoms with E-state index < -0.39 is 0 Å². The van der Waals surface area contributed by atoms with E-state index in [0.717, 1.165) is 31.9 Å². The van der Waals surface area contributed by atoms with Crippen LogP contribution in [0.5, 0.6) is 0 Å². The monoisotopic (exact) mass is 328 g/mol. The van der Waals surface area contributed by atoms with Gasteiger partial charge in [-0.3, -0.25) is 14.3 Å². The molecular weight excluding hydrogens is 307 g/mol. The molecule has 3 heterocycles. The molecule has 0 saturated carbocycles. The van der Waals surface area contributed by atoms with Gasteiger partial charge in [-0.1, -0.05) is 6.42 Å². The third kappa shape index (κ3) is 2.82. The van der Waals surface area contributed by atoms with Gasteiger partial charge in [-0.05, 0) is 43.7 Å². The summed E-state index contributed by atoms with van der Waals surface area (Å²) in [7, 11) is 0. The number of rotatable bonds is 2. The number of imidazole rings is 1. The zero-order valence-corrected chi connectivity index (χ0v) is 13.6. The van der Waals surface area contributed by atoms with E-state index in [0.29, 0.717) is 11.7 Å². The summed E-state index contributed by atoms with van der Waals surface area (Å²) in [5.74, 6) is -0.290. The van der Waals surface area contributed by atoms with Crippen LogP contribution in [0, 0.1) is 5.82 Å². The Morgan fingerprint density at radius 1 is 1.12 bits per heavy atom. The number of amides is 1. The molecule has 1 unspecified atom stereocenters. The number of hydrogen-bond acceptors (Lipinski definition) is 3. The van der Waals surface area contributed by atoms with Crippen LogP contribution >= 0.6 is 0 Å². The molecule has 0 aliphatic carbocycles. The zero-order valence-electron chi connectivity index (χ0n) is 13.6. The van der Waals surface area contributed by atoms with E-state index in [-0.39, 0.29) is 11.7 Å². The lowest BCUT2D eigenvalue weighted by molar-refractivity contribution is 0.0367. The fraction of sp³-hybridized carbons (Fsp3) is 0.444. The highest BCUT2D eigenvalue weighted by molar-refractivity contribution is 5.93. The van der Waals surface area contributed by atoms with Crippen LogP contribution in [0.15, 0.2) is 36.8 Å². The molecule has 2 fully saturated rings. The minimum Gasteiger partial charge on any atom is -0.334 e. The van der Waals surface area contributed by atoms with Crippen molar-refractivity contribution in [2.45, 2.75) is 25.3 Å². The summed E-state index contributed by atoms with van der Waals surface area (Å²) in [5, 5.41) is 0. The first kappa shape index (κ1) is 15.3. The smallest absolute Gasteiger partial charge is 0.272 e. The van der Waals surface area contributed by atoms with Gasteiger partial charge in [0, 0.05) is 31.4 Å². The second-order valence-electron chi connectivity index (χ2n) is 6.56. The van der Waals surface area contributed by atoms with Crippen molar-refractivity contribution in [2.75, 3.05) is 26.2 Å². The van der Waals surface area contributed by atoms with Crippen LogP contribution in [0.4, 0.5) is 4.39 Å². The number of piperidine rings is 1. The average molecular weight is 328 g/mol. The highest BCUT2D eigenvalue weighted by Gasteiger charge is 2.32. The highest BCUT2D eigenvalue weighted by Crippen LogP contribution is 2.22. The maximum Gasteiger partial charge on any atom is 0.272 e. The number of benzene rings is 1. The van der Waals surface area contributed by atoms with Crippen molar-refractivity contribution in [1.29, 1.82) is 0 Å². The third-order valence-corrected chi connectivity index (χ3v) is 5.09. The van der Waals surface area contributed by atoms with E-state index in [1.54, 1.807) is 29.2 Å². The lowest BCUT2D eigenvalue weighted by Crippen LogP contribution is -2.56. The Bertz CT molecular complexity index is 727. The molecular formula is C18H21FN4O. The molecule has 5 nitrogen and oxygen atoms in total. The van der Waals surface area contributed by atoms with Gasteiger partial charge in [0.15, 0.2) is 0 Å². The molecule has 0 radical (unpaired) electrons. The first-order chi connectivity index (χ1) is 11.7. The van der Waals surface area contributed by atoms with Gasteiger partial charge >= 0.3 is 0 Å². The summed E-state index contributed by atoms with van der Waals surface area (Å²) in [6, 6.07) is 6.59.